The number of nitrogens with two attached hydrogens (primary N) is 1. The molecule has 0 aromatic carbocycles. The van der Waals surface area contributed by atoms with Crippen LogP contribution in [0.4, 0.5) is 13.2 Å². The Bertz CT molecular complexity index is 617. The number of nitrogens with zero attached hydrogens (tertiary/aromatic N) is 3. The fraction of sp³-hybridized carbons (Fsp3) is 0.643. The van der Waals surface area contributed by atoms with Gasteiger partial charge in [-0.15, -0.1) is 0 Å². The molecule has 0 aliphatic carbocycles. The number of ether oxygens (including phenoxy) is 1. The Balaban J connectivity index is 2.15. The topological polar surface area (TPSA) is 90.5 Å². The number of hydrogen-bond acceptors (Lipinski definition) is 4. The number of primary amides is 1. The molecule has 1 aromatic heterocycles. The van der Waals surface area contributed by atoms with E-state index >= 15 is 0 Å². The lowest BCUT2D eigenvalue weighted by Crippen LogP contribution is -2.53. The quantitative estimate of drug-likeness (QED) is 0.823. The number of rotatable bonds is 6. The minimum absolute atomic E-state index is 0.0561. The van der Waals surface area contributed by atoms with Gasteiger partial charge in [-0.1, -0.05) is 0 Å². The summed E-state index contributed by atoms with van der Waals surface area (Å²) in [5.74, 6) is -0.993. The van der Waals surface area contributed by atoms with Crippen LogP contribution in [0, 0.1) is 0 Å². The summed E-state index contributed by atoms with van der Waals surface area (Å²) in [5, 5.41) is 3.37. The molecular weight excluding hydrogens is 329 g/mol. The Hall–Kier alpha value is -2.10. The predicted molar refractivity (Wildman–Crippen MR) is 76.6 cm³/mol. The molecule has 2 N–H and O–H groups in total. The van der Waals surface area contributed by atoms with Crippen molar-refractivity contribution < 1.29 is 27.5 Å². The molecule has 0 saturated carbocycles. The van der Waals surface area contributed by atoms with Gasteiger partial charge in [-0.05, 0) is 18.9 Å². The molecule has 2 heterocycles. The van der Waals surface area contributed by atoms with Crippen LogP contribution in [-0.4, -0.2) is 52.3 Å². The molecule has 1 aromatic rings. The van der Waals surface area contributed by atoms with Crippen LogP contribution < -0.4 is 5.73 Å². The van der Waals surface area contributed by atoms with Crippen LogP contribution in [0.1, 0.15) is 25.0 Å². The molecule has 0 bridgehead atoms. The lowest BCUT2D eigenvalue weighted by molar-refractivity contribution is -0.143. The first-order valence-corrected chi connectivity index (χ1v) is 7.36. The molecule has 1 atom stereocenters. The maximum atomic E-state index is 12.6. The second-order valence-corrected chi connectivity index (χ2v) is 5.85. The Kier molecular flexibility index (Phi) is 5.16. The lowest BCUT2D eigenvalue weighted by atomic mass is 9.92. The molecule has 0 spiro atoms. The first kappa shape index (κ1) is 18.2. The van der Waals surface area contributed by atoms with E-state index in [1.807, 2.05) is 0 Å². The number of likely N-dealkylation sites (tertiary alicyclic amines) is 1. The second kappa shape index (κ2) is 6.80. The molecular formula is C14H19F3N4O3. The van der Waals surface area contributed by atoms with Crippen LogP contribution >= 0.6 is 0 Å². The summed E-state index contributed by atoms with van der Waals surface area (Å²) in [6.45, 7) is 0.178. The van der Waals surface area contributed by atoms with Gasteiger partial charge in [0.15, 0.2) is 5.69 Å². The largest absolute Gasteiger partial charge is 0.435 e. The number of aromatic nitrogens is 2. The smallest absolute Gasteiger partial charge is 0.382 e. The number of halogens is 3. The van der Waals surface area contributed by atoms with Crippen LogP contribution in [-0.2, 0) is 27.0 Å². The fourth-order valence-electron chi connectivity index (χ4n) is 3.13. The number of methoxy groups -OCH3 is 1. The van der Waals surface area contributed by atoms with E-state index < -0.39 is 29.2 Å². The van der Waals surface area contributed by atoms with Crippen molar-refractivity contribution in [3.8, 4) is 0 Å². The third-order valence-corrected chi connectivity index (χ3v) is 4.04. The summed E-state index contributed by atoms with van der Waals surface area (Å²) in [6.07, 6.45) is -2.31. The van der Waals surface area contributed by atoms with Gasteiger partial charge in [0.1, 0.15) is 6.54 Å². The van der Waals surface area contributed by atoms with E-state index in [0.717, 1.165) is 16.9 Å². The van der Waals surface area contributed by atoms with Gasteiger partial charge in [-0.25, -0.2) is 0 Å². The van der Waals surface area contributed by atoms with E-state index in [1.54, 1.807) is 0 Å². The molecule has 1 fully saturated rings. The van der Waals surface area contributed by atoms with Crippen molar-refractivity contribution in [2.45, 2.75) is 37.5 Å². The standard InChI is InChI=1S/C14H19F3N4O3/c1-24-9-13(7-11(18)22)4-2-5-21(13)12(23)8-20-6-3-10(19-20)14(15,16)17/h3,6H,2,4-5,7-9H2,1H3,(H2,18,22)/t13-/m0/s1. The number of carbonyl (C=O) groups excluding carboxylic acids is 2. The first-order valence-electron chi connectivity index (χ1n) is 7.36. The molecule has 0 radical (unpaired) electrons. The van der Waals surface area contributed by atoms with Gasteiger partial charge in [-0.2, -0.15) is 18.3 Å². The molecule has 134 valence electrons. The van der Waals surface area contributed by atoms with Crippen LogP contribution in [0.2, 0.25) is 0 Å². The number of carbonyl (C=O) groups is 2. The highest BCUT2D eigenvalue weighted by atomic mass is 19.4. The van der Waals surface area contributed by atoms with E-state index in [2.05, 4.69) is 5.10 Å². The Morgan fingerprint density at radius 2 is 2.17 bits per heavy atom. The van der Waals surface area contributed by atoms with E-state index in [9.17, 15) is 22.8 Å². The van der Waals surface area contributed by atoms with E-state index in [0.29, 0.717) is 19.4 Å². The van der Waals surface area contributed by atoms with Gasteiger partial charge in [0.05, 0.1) is 18.6 Å². The summed E-state index contributed by atoms with van der Waals surface area (Å²) in [5.41, 5.74) is 3.37. The van der Waals surface area contributed by atoms with Crippen molar-refractivity contribution in [3.05, 3.63) is 18.0 Å². The Morgan fingerprint density at radius 1 is 1.46 bits per heavy atom. The Labute approximate surface area is 136 Å². The maximum Gasteiger partial charge on any atom is 0.435 e. The molecule has 10 heteroatoms. The summed E-state index contributed by atoms with van der Waals surface area (Å²) >= 11 is 0. The summed E-state index contributed by atoms with van der Waals surface area (Å²) in [4.78, 5) is 25.4. The molecule has 1 saturated heterocycles. The summed E-state index contributed by atoms with van der Waals surface area (Å²) < 4.78 is 43.8. The molecule has 0 unspecified atom stereocenters. The fourth-order valence-corrected chi connectivity index (χ4v) is 3.13. The summed E-state index contributed by atoms with van der Waals surface area (Å²) in [6, 6.07) is 0.809. The monoisotopic (exact) mass is 348 g/mol. The molecule has 7 nitrogen and oxygen atoms in total. The summed E-state index contributed by atoms with van der Waals surface area (Å²) in [7, 11) is 1.45. The number of amides is 2. The van der Waals surface area contributed by atoms with Crippen molar-refractivity contribution in [3.63, 3.8) is 0 Å². The average molecular weight is 348 g/mol. The molecule has 2 amide bonds. The van der Waals surface area contributed by atoms with E-state index in [4.69, 9.17) is 10.5 Å². The number of hydrogen-bond donors (Lipinski definition) is 1. The van der Waals surface area contributed by atoms with Gasteiger partial charge >= 0.3 is 6.18 Å². The zero-order valence-corrected chi connectivity index (χ0v) is 13.2. The van der Waals surface area contributed by atoms with Crippen LogP contribution in [0.15, 0.2) is 12.3 Å². The molecule has 2 rings (SSSR count). The van der Waals surface area contributed by atoms with Gasteiger partial charge in [-0.3, -0.25) is 14.3 Å². The van der Waals surface area contributed by atoms with E-state index in [-0.39, 0.29) is 19.6 Å². The maximum absolute atomic E-state index is 12.6. The molecule has 1 aliphatic rings. The van der Waals surface area contributed by atoms with Crippen molar-refractivity contribution in [1.29, 1.82) is 0 Å². The highest BCUT2D eigenvalue weighted by Gasteiger charge is 2.45. The third-order valence-electron chi connectivity index (χ3n) is 4.04. The average Bonchev–Trinajstić information content (AvgIpc) is 3.05. The SMILES string of the molecule is COC[C@@]1(CC(N)=O)CCCN1C(=O)Cn1ccc(C(F)(F)F)n1. The zero-order valence-electron chi connectivity index (χ0n) is 13.2. The van der Waals surface area contributed by atoms with Gasteiger partial charge in [0.25, 0.3) is 0 Å². The van der Waals surface area contributed by atoms with Crippen LogP contribution in [0.5, 0.6) is 0 Å². The second-order valence-electron chi connectivity index (χ2n) is 5.85. The van der Waals surface area contributed by atoms with Crippen LogP contribution in [0.25, 0.3) is 0 Å². The van der Waals surface area contributed by atoms with Gasteiger partial charge in [0, 0.05) is 19.9 Å². The van der Waals surface area contributed by atoms with Crippen molar-refractivity contribution in [2.24, 2.45) is 5.73 Å². The van der Waals surface area contributed by atoms with E-state index in [1.165, 1.54) is 12.0 Å². The molecule has 24 heavy (non-hydrogen) atoms. The first-order chi connectivity index (χ1) is 11.2. The van der Waals surface area contributed by atoms with Crippen LogP contribution in [0.3, 0.4) is 0 Å². The zero-order chi connectivity index (χ0) is 18.0. The minimum atomic E-state index is -4.56. The van der Waals surface area contributed by atoms with Crippen molar-refractivity contribution in [1.82, 2.24) is 14.7 Å². The normalized spacial score (nSPS) is 21.2. The van der Waals surface area contributed by atoms with Crippen molar-refractivity contribution in [2.75, 3.05) is 20.3 Å². The minimum Gasteiger partial charge on any atom is -0.382 e. The predicted octanol–water partition coefficient (Wildman–Crippen LogP) is 0.785. The molecule has 1 aliphatic heterocycles. The highest BCUT2D eigenvalue weighted by Crippen LogP contribution is 2.33. The van der Waals surface area contributed by atoms with Crippen molar-refractivity contribution >= 4 is 11.8 Å². The third kappa shape index (κ3) is 3.86. The lowest BCUT2D eigenvalue weighted by Gasteiger charge is -2.37. The van der Waals surface area contributed by atoms with Gasteiger partial charge < -0.3 is 15.4 Å². The number of alkyl halides is 3. The highest BCUT2D eigenvalue weighted by molar-refractivity contribution is 5.80. The Morgan fingerprint density at radius 3 is 2.71 bits per heavy atom. The van der Waals surface area contributed by atoms with Gasteiger partial charge in [0.2, 0.25) is 11.8 Å².